The van der Waals surface area contributed by atoms with Crippen LogP contribution in [0.25, 0.3) is 0 Å². The van der Waals surface area contributed by atoms with Crippen LogP contribution in [0.4, 0.5) is 4.79 Å². The van der Waals surface area contributed by atoms with Gasteiger partial charge in [0.25, 0.3) is 0 Å². The molecule has 2 heterocycles. The second kappa shape index (κ2) is 6.24. The predicted octanol–water partition coefficient (Wildman–Crippen LogP) is 2.98. The van der Waals surface area contributed by atoms with Crippen molar-refractivity contribution in [1.29, 1.82) is 0 Å². The van der Waals surface area contributed by atoms with Crippen molar-refractivity contribution in [2.45, 2.75) is 65.0 Å². The van der Waals surface area contributed by atoms with Crippen LogP contribution in [0.2, 0.25) is 0 Å². The predicted molar refractivity (Wildman–Crippen MR) is 78.8 cm³/mol. The Kier molecular flexibility index (Phi) is 4.79. The molecule has 2 saturated heterocycles. The van der Waals surface area contributed by atoms with Gasteiger partial charge >= 0.3 is 12.1 Å². The number of hydrogen-bond acceptors (Lipinski definition) is 4. The third-order valence-corrected chi connectivity index (χ3v) is 4.35. The molecule has 21 heavy (non-hydrogen) atoms. The summed E-state index contributed by atoms with van der Waals surface area (Å²) in [4.78, 5) is 25.8. The van der Waals surface area contributed by atoms with Gasteiger partial charge in [-0.2, -0.15) is 0 Å². The Balaban J connectivity index is 1.92. The molecule has 0 N–H and O–H groups in total. The molecule has 2 aliphatic heterocycles. The third-order valence-electron chi connectivity index (χ3n) is 4.35. The molecule has 1 aliphatic carbocycles. The number of esters is 1. The standard InChI is InChI=1S/C16H27NO4/c1-5-20-14(18)9-12-8-13-7-6-11(12)10-17(13)15(19)21-16(2,3)4/h11-13H,5-10H2,1-4H3. The van der Waals surface area contributed by atoms with Gasteiger partial charge in [0.05, 0.1) is 6.61 Å². The minimum absolute atomic E-state index is 0.112. The maximum Gasteiger partial charge on any atom is 0.410 e. The SMILES string of the molecule is CCOC(=O)CC1CC2CCC1CN2C(=O)OC(C)(C)C. The Morgan fingerprint density at radius 1 is 1.24 bits per heavy atom. The van der Waals surface area contributed by atoms with Gasteiger partial charge in [-0.05, 0) is 58.8 Å². The maximum atomic E-state index is 12.2. The van der Waals surface area contributed by atoms with Crippen LogP contribution in [-0.4, -0.2) is 41.8 Å². The molecular formula is C16H27NO4. The first kappa shape index (κ1) is 16.1. The molecule has 2 bridgehead atoms. The normalized spacial score (nSPS) is 28.4. The zero-order valence-electron chi connectivity index (χ0n) is 13.6. The van der Waals surface area contributed by atoms with Crippen LogP contribution in [0.1, 0.15) is 53.4 Å². The summed E-state index contributed by atoms with van der Waals surface area (Å²) in [5.41, 5.74) is -0.460. The first-order chi connectivity index (χ1) is 9.80. The molecule has 3 atom stereocenters. The number of carbonyl (C=O) groups excluding carboxylic acids is 2. The zero-order chi connectivity index (χ0) is 15.6. The second-order valence-electron chi connectivity index (χ2n) is 7.13. The van der Waals surface area contributed by atoms with Crippen molar-refractivity contribution in [3.05, 3.63) is 0 Å². The highest BCUT2D eigenvalue weighted by Gasteiger charge is 2.44. The molecule has 5 nitrogen and oxygen atoms in total. The lowest BCUT2D eigenvalue weighted by molar-refractivity contribution is -0.146. The summed E-state index contributed by atoms with van der Waals surface area (Å²) >= 11 is 0. The molecule has 0 radical (unpaired) electrons. The molecule has 3 unspecified atom stereocenters. The van der Waals surface area contributed by atoms with Crippen molar-refractivity contribution in [3.63, 3.8) is 0 Å². The fraction of sp³-hybridized carbons (Fsp3) is 0.875. The summed E-state index contributed by atoms with van der Waals surface area (Å²) in [7, 11) is 0. The van der Waals surface area contributed by atoms with Gasteiger partial charge in [-0.1, -0.05) is 0 Å². The van der Waals surface area contributed by atoms with E-state index in [9.17, 15) is 9.59 Å². The van der Waals surface area contributed by atoms with E-state index in [1.54, 1.807) is 0 Å². The lowest BCUT2D eigenvalue weighted by Gasteiger charge is -2.49. The van der Waals surface area contributed by atoms with Crippen molar-refractivity contribution in [2.75, 3.05) is 13.2 Å². The minimum Gasteiger partial charge on any atom is -0.466 e. The Labute approximate surface area is 127 Å². The van der Waals surface area contributed by atoms with Crippen LogP contribution < -0.4 is 0 Å². The number of carbonyl (C=O) groups is 2. The number of fused-ring (bicyclic) bond motifs is 3. The highest BCUT2D eigenvalue weighted by Crippen LogP contribution is 2.41. The van der Waals surface area contributed by atoms with Crippen LogP contribution >= 0.6 is 0 Å². The summed E-state index contributed by atoms with van der Waals surface area (Å²) in [6.07, 6.45) is 3.27. The topological polar surface area (TPSA) is 55.8 Å². The molecular weight excluding hydrogens is 270 g/mol. The molecule has 0 spiro atoms. The van der Waals surface area contributed by atoms with E-state index in [1.807, 2.05) is 32.6 Å². The van der Waals surface area contributed by atoms with Gasteiger partial charge in [-0.3, -0.25) is 4.79 Å². The van der Waals surface area contributed by atoms with Gasteiger partial charge < -0.3 is 14.4 Å². The molecule has 1 amide bonds. The van der Waals surface area contributed by atoms with Gasteiger partial charge in [-0.15, -0.1) is 0 Å². The molecule has 0 aromatic carbocycles. The zero-order valence-corrected chi connectivity index (χ0v) is 13.6. The van der Waals surface area contributed by atoms with Gasteiger partial charge in [0.15, 0.2) is 0 Å². The molecule has 0 aromatic heterocycles. The molecule has 5 heteroatoms. The lowest BCUT2D eigenvalue weighted by atomic mass is 9.71. The Morgan fingerprint density at radius 3 is 2.48 bits per heavy atom. The van der Waals surface area contributed by atoms with E-state index in [-0.39, 0.29) is 18.1 Å². The Morgan fingerprint density at radius 2 is 1.95 bits per heavy atom. The summed E-state index contributed by atoms with van der Waals surface area (Å²) in [5, 5.41) is 0. The van der Waals surface area contributed by atoms with Gasteiger partial charge in [-0.25, -0.2) is 4.79 Å². The average Bonchev–Trinajstić information content (AvgIpc) is 2.37. The smallest absolute Gasteiger partial charge is 0.410 e. The first-order valence-electron chi connectivity index (χ1n) is 7.95. The summed E-state index contributed by atoms with van der Waals surface area (Å²) in [6, 6.07) is 0.212. The number of amides is 1. The van der Waals surface area contributed by atoms with Gasteiger partial charge in [0, 0.05) is 19.0 Å². The fourth-order valence-electron chi connectivity index (χ4n) is 3.46. The van der Waals surface area contributed by atoms with E-state index in [4.69, 9.17) is 9.47 Å². The molecule has 3 fully saturated rings. The van der Waals surface area contributed by atoms with E-state index < -0.39 is 5.60 Å². The third kappa shape index (κ3) is 4.11. The molecule has 0 aromatic rings. The molecule has 3 aliphatic rings. The van der Waals surface area contributed by atoms with Crippen LogP contribution in [0, 0.1) is 11.8 Å². The minimum atomic E-state index is -0.460. The quantitative estimate of drug-likeness (QED) is 0.751. The van der Waals surface area contributed by atoms with Gasteiger partial charge in [0.2, 0.25) is 0 Å². The highest BCUT2D eigenvalue weighted by molar-refractivity contribution is 5.70. The largest absolute Gasteiger partial charge is 0.466 e. The van der Waals surface area contributed by atoms with Crippen molar-refractivity contribution in [3.8, 4) is 0 Å². The summed E-state index contributed by atoms with van der Waals surface area (Å²) in [5.74, 6) is 0.632. The lowest BCUT2D eigenvalue weighted by Crippen LogP contribution is -2.55. The molecule has 1 saturated carbocycles. The number of hydrogen-bond donors (Lipinski definition) is 0. The van der Waals surface area contributed by atoms with E-state index >= 15 is 0 Å². The van der Waals surface area contributed by atoms with E-state index in [0.717, 1.165) is 19.3 Å². The summed E-state index contributed by atoms with van der Waals surface area (Å²) in [6.45, 7) is 8.63. The van der Waals surface area contributed by atoms with Crippen LogP contribution in [0.15, 0.2) is 0 Å². The highest BCUT2D eigenvalue weighted by atomic mass is 16.6. The monoisotopic (exact) mass is 297 g/mol. The van der Waals surface area contributed by atoms with Crippen LogP contribution in [-0.2, 0) is 14.3 Å². The van der Waals surface area contributed by atoms with E-state index in [2.05, 4.69) is 0 Å². The van der Waals surface area contributed by atoms with Crippen molar-refractivity contribution in [2.24, 2.45) is 11.8 Å². The van der Waals surface area contributed by atoms with Crippen molar-refractivity contribution < 1.29 is 19.1 Å². The Hall–Kier alpha value is -1.26. The molecule has 120 valence electrons. The molecule has 3 rings (SSSR count). The van der Waals surface area contributed by atoms with Gasteiger partial charge in [0.1, 0.15) is 5.60 Å². The number of ether oxygens (including phenoxy) is 2. The fourth-order valence-corrected chi connectivity index (χ4v) is 3.46. The van der Waals surface area contributed by atoms with Crippen molar-refractivity contribution in [1.82, 2.24) is 4.90 Å². The maximum absolute atomic E-state index is 12.2. The van der Waals surface area contributed by atoms with E-state index in [0.29, 0.717) is 31.4 Å². The number of rotatable bonds is 3. The first-order valence-corrected chi connectivity index (χ1v) is 7.95. The van der Waals surface area contributed by atoms with E-state index in [1.165, 1.54) is 0 Å². The Bertz CT molecular complexity index is 402. The number of nitrogens with zero attached hydrogens (tertiary/aromatic N) is 1. The number of piperidine rings is 2. The van der Waals surface area contributed by atoms with Crippen molar-refractivity contribution >= 4 is 12.1 Å². The second-order valence-corrected chi connectivity index (χ2v) is 7.13. The van der Waals surface area contributed by atoms with Crippen LogP contribution in [0.5, 0.6) is 0 Å². The van der Waals surface area contributed by atoms with Crippen LogP contribution in [0.3, 0.4) is 0 Å². The average molecular weight is 297 g/mol. The summed E-state index contributed by atoms with van der Waals surface area (Å²) < 4.78 is 10.5.